The molecule has 0 spiro atoms. The zero-order valence-corrected chi connectivity index (χ0v) is 7.22. The Labute approximate surface area is 64.1 Å². The maximum Gasteiger partial charge on any atom is 0.0863 e. The van der Waals surface area contributed by atoms with E-state index < -0.39 is 0 Å². The molecule has 0 bridgehead atoms. The van der Waals surface area contributed by atoms with Gasteiger partial charge < -0.3 is 5.32 Å². The summed E-state index contributed by atoms with van der Waals surface area (Å²) in [5.74, 6) is 0. The highest BCUT2D eigenvalue weighted by Crippen LogP contribution is 1.72. The van der Waals surface area contributed by atoms with E-state index in [1.54, 1.807) is 12.5 Å². The molecule has 0 saturated carbocycles. The van der Waals surface area contributed by atoms with E-state index in [1.807, 2.05) is 13.8 Å². The lowest BCUT2D eigenvalue weighted by atomic mass is 10.5. The van der Waals surface area contributed by atoms with Crippen molar-refractivity contribution in [2.45, 2.75) is 27.2 Å². The fourth-order valence-corrected chi connectivity index (χ4v) is 0.299. The van der Waals surface area contributed by atoms with E-state index in [0.29, 0.717) is 0 Å². The van der Waals surface area contributed by atoms with Crippen molar-refractivity contribution in [3.63, 3.8) is 0 Å². The minimum Gasteiger partial charge on any atom is -0.354 e. The van der Waals surface area contributed by atoms with Crippen molar-refractivity contribution in [3.8, 4) is 0 Å². The van der Waals surface area contributed by atoms with Crippen LogP contribution in [0.4, 0.5) is 0 Å². The van der Waals surface area contributed by atoms with Crippen LogP contribution >= 0.6 is 0 Å². The third-order valence-electron chi connectivity index (χ3n) is 0.636. The zero-order chi connectivity index (χ0) is 8.24. The summed E-state index contributed by atoms with van der Waals surface area (Å²) in [6.45, 7) is 10.4. The van der Waals surface area contributed by atoms with Gasteiger partial charge in [-0.05, 0) is 12.6 Å². The molecule has 0 aromatic heterocycles. The van der Waals surface area contributed by atoms with Crippen LogP contribution in [0.2, 0.25) is 0 Å². The lowest BCUT2D eigenvalue weighted by Gasteiger charge is -1.85. The minimum atomic E-state index is 0.890. The van der Waals surface area contributed by atoms with Gasteiger partial charge in [0, 0.05) is 6.54 Å². The molecule has 0 atom stereocenters. The van der Waals surface area contributed by atoms with E-state index >= 15 is 0 Å². The molecule has 2 nitrogen and oxygen atoms in total. The summed E-state index contributed by atoms with van der Waals surface area (Å²) in [5.41, 5.74) is 0. The SMILES string of the molecule is C=CNC=NCCC.CC. The largest absolute Gasteiger partial charge is 0.354 e. The van der Waals surface area contributed by atoms with Crippen LogP contribution in [0.3, 0.4) is 0 Å². The summed E-state index contributed by atoms with van der Waals surface area (Å²) in [4.78, 5) is 3.97. The third-order valence-corrected chi connectivity index (χ3v) is 0.636. The van der Waals surface area contributed by atoms with Gasteiger partial charge in [-0.2, -0.15) is 0 Å². The summed E-state index contributed by atoms with van der Waals surface area (Å²) >= 11 is 0. The number of nitrogens with one attached hydrogen (secondary N) is 1. The summed E-state index contributed by atoms with van der Waals surface area (Å²) in [6.07, 6.45) is 4.34. The third kappa shape index (κ3) is 15.7. The number of hydrogen-bond acceptors (Lipinski definition) is 1. The minimum absolute atomic E-state index is 0.890. The van der Waals surface area contributed by atoms with Crippen molar-refractivity contribution in [2.24, 2.45) is 4.99 Å². The molecule has 0 heterocycles. The van der Waals surface area contributed by atoms with Gasteiger partial charge in [0.2, 0.25) is 0 Å². The second-order valence-electron chi connectivity index (χ2n) is 1.41. The van der Waals surface area contributed by atoms with Gasteiger partial charge in [0.15, 0.2) is 0 Å². The van der Waals surface area contributed by atoms with Gasteiger partial charge in [-0.15, -0.1) is 0 Å². The predicted molar refractivity (Wildman–Crippen MR) is 48.3 cm³/mol. The van der Waals surface area contributed by atoms with E-state index in [-0.39, 0.29) is 0 Å². The maximum absolute atomic E-state index is 3.97. The van der Waals surface area contributed by atoms with Gasteiger partial charge in [-0.25, -0.2) is 0 Å². The fourth-order valence-electron chi connectivity index (χ4n) is 0.299. The lowest BCUT2D eigenvalue weighted by molar-refractivity contribution is 0.931. The smallest absolute Gasteiger partial charge is 0.0863 e. The molecule has 60 valence electrons. The second-order valence-corrected chi connectivity index (χ2v) is 1.41. The number of aliphatic imine (C=N–C) groups is 1. The lowest BCUT2D eigenvalue weighted by Crippen LogP contribution is -1.99. The van der Waals surface area contributed by atoms with Crippen molar-refractivity contribution >= 4 is 6.34 Å². The molecule has 0 fully saturated rings. The van der Waals surface area contributed by atoms with Crippen molar-refractivity contribution < 1.29 is 0 Å². The Balaban J connectivity index is 0. The molecule has 1 N–H and O–H groups in total. The highest BCUT2D eigenvalue weighted by molar-refractivity contribution is 5.55. The van der Waals surface area contributed by atoms with Crippen LogP contribution < -0.4 is 5.32 Å². The first-order valence-electron chi connectivity index (χ1n) is 3.77. The van der Waals surface area contributed by atoms with Gasteiger partial charge in [0.25, 0.3) is 0 Å². The molecule has 0 aliphatic rings. The second kappa shape index (κ2) is 15.7. The number of nitrogens with zero attached hydrogens (tertiary/aromatic N) is 1. The normalized spacial score (nSPS) is 8.30. The van der Waals surface area contributed by atoms with E-state index in [1.165, 1.54) is 0 Å². The van der Waals surface area contributed by atoms with Gasteiger partial charge in [0.05, 0.1) is 6.34 Å². The van der Waals surface area contributed by atoms with Crippen LogP contribution in [0.15, 0.2) is 17.8 Å². The highest BCUT2D eigenvalue weighted by atomic mass is 14.9. The van der Waals surface area contributed by atoms with Crippen molar-refractivity contribution in [1.29, 1.82) is 0 Å². The molecular formula is C8H18N2. The van der Waals surface area contributed by atoms with Crippen LogP contribution in [-0.2, 0) is 0 Å². The van der Waals surface area contributed by atoms with Gasteiger partial charge in [0.1, 0.15) is 0 Å². The number of rotatable bonds is 4. The van der Waals surface area contributed by atoms with Crippen molar-refractivity contribution in [1.82, 2.24) is 5.32 Å². The standard InChI is InChI=1S/C6H12N2.C2H6/c1-3-5-8-6-7-4-2;1-2/h4,6H,2-3,5H2,1H3,(H,7,8);1-2H3. The Kier molecular flexibility index (Phi) is 18.8. The van der Waals surface area contributed by atoms with Crippen LogP contribution in [-0.4, -0.2) is 12.9 Å². The first kappa shape index (κ1) is 11.9. The summed E-state index contributed by atoms with van der Waals surface area (Å²) in [6, 6.07) is 0. The van der Waals surface area contributed by atoms with E-state index in [2.05, 4.69) is 23.8 Å². The van der Waals surface area contributed by atoms with E-state index in [9.17, 15) is 0 Å². The molecule has 0 aromatic carbocycles. The Hall–Kier alpha value is -0.790. The predicted octanol–water partition coefficient (Wildman–Crippen LogP) is 2.18. The van der Waals surface area contributed by atoms with Crippen molar-refractivity contribution in [2.75, 3.05) is 6.54 Å². The van der Waals surface area contributed by atoms with Gasteiger partial charge in [-0.3, -0.25) is 4.99 Å². The van der Waals surface area contributed by atoms with E-state index in [0.717, 1.165) is 13.0 Å². The van der Waals surface area contributed by atoms with E-state index in [4.69, 9.17) is 0 Å². The molecule has 10 heavy (non-hydrogen) atoms. The molecular weight excluding hydrogens is 124 g/mol. The van der Waals surface area contributed by atoms with Gasteiger partial charge >= 0.3 is 0 Å². The van der Waals surface area contributed by atoms with Crippen molar-refractivity contribution in [3.05, 3.63) is 12.8 Å². The summed E-state index contributed by atoms with van der Waals surface area (Å²) in [5, 5.41) is 2.76. The molecule has 0 unspecified atom stereocenters. The Morgan fingerprint density at radius 1 is 1.50 bits per heavy atom. The molecule has 0 rings (SSSR count). The molecule has 0 amide bonds. The van der Waals surface area contributed by atoms with Gasteiger partial charge in [-0.1, -0.05) is 27.4 Å². The molecule has 0 radical (unpaired) electrons. The average molecular weight is 142 g/mol. The molecule has 0 saturated heterocycles. The Morgan fingerprint density at radius 2 is 2.10 bits per heavy atom. The van der Waals surface area contributed by atoms with Crippen LogP contribution in [0, 0.1) is 0 Å². The van der Waals surface area contributed by atoms with Crippen LogP contribution in [0.5, 0.6) is 0 Å². The fraction of sp³-hybridized carbons (Fsp3) is 0.625. The highest BCUT2D eigenvalue weighted by Gasteiger charge is 1.68. The molecule has 0 aliphatic heterocycles. The first-order chi connectivity index (χ1) is 4.91. The number of hydrogen-bond donors (Lipinski definition) is 1. The molecule has 0 aromatic rings. The summed E-state index contributed by atoms with van der Waals surface area (Å²) < 4.78 is 0. The van der Waals surface area contributed by atoms with Crippen LogP contribution in [0.25, 0.3) is 0 Å². The quantitative estimate of drug-likeness (QED) is 0.472. The monoisotopic (exact) mass is 142 g/mol. The molecule has 0 aliphatic carbocycles. The first-order valence-corrected chi connectivity index (χ1v) is 3.77. The topological polar surface area (TPSA) is 24.4 Å². The Morgan fingerprint density at radius 3 is 2.50 bits per heavy atom. The Bertz CT molecular complexity index is 77.3. The maximum atomic E-state index is 3.97. The average Bonchev–Trinajstić information content (AvgIpc) is 2.02. The zero-order valence-electron chi connectivity index (χ0n) is 7.22. The molecule has 2 heteroatoms. The van der Waals surface area contributed by atoms with Crippen LogP contribution in [0.1, 0.15) is 27.2 Å². The summed E-state index contributed by atoms with van der Waals surface area (Å²) in [7, 11) is 0.